The molecule has 0 amide bonds. The fourth-order valence-electron chi connectivity index (χ4n) is 2.65. The number of fused-ring (bicyclic) bond motifs is 2. The van der Waals surface area contributed by atoms with E-state index in [1.165, 1.54) is 32.2 Å². The van der Waals surface area contributed by atoms with Crippen molar-refractivity contribution in [3.05, 3.63) is 0 Å². The molecule has 2 rings (SSSR count). The normalized spacial score (nSPS) is 34.7. The highest BCUT2D eigenvalue weighted by molar-refractivity contribution is 7.80. The van der Waals surface area contributed by atoms with Crippen LogP contribution in [0.1, 0.15) is 32.6 Å². The number of morpholine rings is 1. The minimum atomic E-state index is 0.550. The smallest absolute Gasteiger partial charge is 0.0622 e. The van der Waals surface area contributed by atoms with Crippen LogP contribution in [0.3, 0.4) is 0 Å². The monoisotopic (exact) mass is 215 g/mol. The summed E-state index contributed by atoms with van der Waals surface area (Å²) in [5, 5.41) is 0.550. The number of rotatable bonds is 4. The highest BCUT2D eigenvalue weighted by Gasteiger charge is 2.36. The first kappa shape index (κ1) is 10.8. The van der Waals surface area contributed by atoms with Crippen LogP contribution in [0, 0.1) is 0 Å². The molecule has 0 saturated carbocycles. The number of hydrogen-bond acceptors (Lipinski definition) is 3. The Morgan fingerprint density at radius 1 is 1.36 bits per heavy atom. The molecule has 82 valence electrons. The summed E-state index contributed by atoms with van der Waals surface area (Å²) in [5.41, 5.74) is 0. The largest absolute Gasteiger partial charge is 0.378 e. The molecule has 3 unspecified atom stereocenters. The molecule has 2 heterocycles. The third-order valence-corrected chi connectivity index (χ3v) is 3.69. The van der Waals surface area contributed by atoms with Crippen LogP contribution in [0.15, 0.2) is 0 Å². The maximum Gasteiger partial charge on any atom is 0.0622 e. The molecule has 0 spiro atoms. The Balaban J connectivity index is 1.75. The van der Waals surface area contributed by atoms with Gasteiger partial charge in [-0.05, 0) is 37.5 Å². The molecule has 0 aliphatic carbocycles. The van der Waals surface area contributed by atoms with Crippen molar-refractivity contribution in [1.82, 2.24) is 4.90 Å². The first-order valence-corrected chi connectivity index (χ1v) is 6.30. The molecule has 3 atom stereocenters. The van der Waals surface area contributed by atoms with Crippen LogP contribution in [0.5, 0.6) is 0 Å². The Bertz CT molecular complexity index is 170. The van der Waals surface area contributed by atoms with Crippen molar-refractivity contribution in [3.63, 3.8) is 0 Å². The van der Waals surface area contributed by atoms with Gasteiger partial charge >= 0.3 is 0 Å². The third-order valence-electron chi connectivity index (χ3n) is 3.43. The second-order valence-corrected chi connectivity index (χ2v) is 5.53. The van der Waals surface area contributed by atoms with Gasteiger partial charge in [-0.3, -0.25) is 4.90 Å². The third kappa shape index (κ3) is 2.44. The molecule has 0 radical (unpaired) electrons. The van der Waals surface area contributed by atoms with Crippen molar-refractivity contribution in [3.8, 4) is 0 Å². The lowest BCUT2D eigenvalue weighted by Gasteiger charge is -2.34. The van der Waals surface area contributed by atoms with Gasteiger partial charge in [0.2, 0.25) is 0 Å². The van der Waals surface area contributed by atoms with Gasteiger partial charge in [0, 0.05) is 12.1 Å². The van der Waals surface area contributed by atoms with Crippen molar-refractivity contribution >= 4 is 12.6 Å². The average Bonchev–Trinajstić information content (AvgIpc) is 2.39. The molecule has 2 bridgehead atoms. The molecule has 2 aliphatic rings. The SMILES string of the molecule is CC(S)CCCN1C2CCC1COC2. The van der Waals surface area contributed by atoms with Gasteiger partial charge in [-0.2, -0.15) is 12.6 Å². The average molecular weight is 215 g/mol. The van der Waals surface area contributed by atoms with Crippen molar-refractivity contribution in [1.29, 1.82) is 0 Å². The van der Waals surface area contributed by atoms with Gasteiger partial charge in [0.15, 0.2) is 0 Å². The maximum absolute atomic E-state index is 5.56. The fraction of sp³-hybridized carbons (Fsp3) is 1.00. The van der Waals surface area contributed by atoms with Gasteiger partial charge in [0.25, 0.3) is 0 Å². The van der Waals surface area contributed by atoms with Crippen LogP contribution in [-0.2, 0) is 4.74 Å². The Hall–Kier alpha value is 0.270. The lowest BCUT2D eigenvalue weighted by atomic mass is 10.2. The number of nitrogens with zero attached hydrogens (tertiary/aromatic N) is 1. The highest BCUT2D eigenvalue weighted by atomic mass is 32.1. The van der Waals surface area contributed by atoms with Gasteiger partial charge < -0.3 is 4.74 Å². The lowest BCUT2D eigenvalue weighted by molar-refractivity contribution is -0.0149. The highest BCUT2D eigenvalue weighted by Crippen LogP contribution is 2.28. The number of ether oxygens (including phenoxy) is 1. The molecular formula is C11H21NOS. The molecule has 0 aromatic carbocycles. The number of hydrogen-bond donors (Lipinski definition) is 1. The Morgan fingerprint density at radius 3 is 2.57 bits per heavy atom. The van der Waals surface area contributed by atoms with Crippen molar-refractivity contribution in [2.24, 2.45) is 0 Å². The van der Waals surface area contributed by atoms with Crippen molar-refractivity contribution < 1.29 is 4.74 Å². The first-order chi connectivity index (χ1) is 6.77. The van der Waals surface area contributed by atoms with E-state index < -0.39 is 0 Å². The van der Waals surface area contributed by atoms with Gasteiger partial charge in [-0.25, -0.2) is 0 Å². The first-order valence-electron chi connectivity index (χ1n) is 5.79. The summed E-state index contributed by atoms with van der Waals surface area (Å²) in [6, 6.07) is 1.45. The molecule has 2 nitrogen and oxygen atoms in total. The van der Waals surface area contributed by atoms with Crippen molar-refractivity contribution in [2.75, 3.05) is 19.8 Å². The predicted octanol–water partition coefficient (Wildman–Crippen LogP) is 1.95. The summed E-state index contributed by atoms with van der Waals surface area (Å²) in [4.78, 5) is 2.67. The standard InChI is InChI=1S/C11H21NOS/c1-9(14)3-2-6-12-10-4-5-11(12)8-13-7-10/h9-11,14H,2-8H2,1H3. The zero-order valence-electron chi connectivity index (χ0n) is 8.98. The number of thiol groups is 1. The molecule has 0 aromatic heterocycles. The van der Waals surface area contributed by atoms with Gasteiger partial charge in [0.05, 0.1) is 13.2 Å². The van der Waals surface area contributed by atoms with Crippen LogP contribution in [0.2, 0.25) is 0 Å². The summed E-state index contributed by atoms with van der Waals surface area (Å²) in [6.07, 6.45) is 5.22. The molecule has 2 aliphatic heterocycles. The van der Waals surface area contributed by atoms with E-state index >= 15 is 0 Å². The summed E-state index contributed by atoms with van der Waals surface area (Å²) in [6.45, 7) is 5.36. The fourth-order valence-corrected chi connectivity index (χ4v) is 2.83. The van der Waals surface area contributed by atoms with E-state index in [9.17, 15) is 0 Å². The predicted molar refractivity (Wildman–Crippen MR) is 62.0 cm³/mol. The zero-order valence-corrected chi connectivity index (χ0v) is 9.88. The Labute approximate surface area is 92.4 Å². The topological polar surface area (TPSA) is 12.5 Å². The van der Waals surface area contributed by atoms with Crippen molar-refractivity contribution in [2.45, 2.75) is 49.9 Å². The van der Waals surface area contributed by atoms with E-state index in [4.69, 9.17) is 4.74 Å². The van der Waals surface area contributed by atoms with E-state index in [1.807, 2.05) is 0 Å². The van der Waals surface area contributed by atoms with E-state index in [0.717, 1.165) is 25.3 Å². The molecule has 14 heavy (non-hydrogen) atoms. The maximum atomic E-state index is 5.56. The van der Waals surface area contributed by atoms with Gasteiger partial charge in [-0.15, -0.1) is 0 Å². The molecule has 2 saturated heterocycles. The van der Waals surface area contributed by atoms with Crippen LogP contribution < -0.4 is 0 Å². The Kier molecular flexibility index (Phi) is 3.74. The van der Waals surface area contributed by atoms with E-state index in [1.54, 1.807) is 0 Å². The van der Waals surface area contributed by atoms with E-state index in [0.29, 0.717) is 5.25 Å². The van der Waals surface area contributed by atoms with E-state index in [2.05, 4.69) is 24.5 Å². The zero-order chi connectivity index (χ0) is 9.97. The molecule has 3 heteroatoms. The molecule has 0 aromatic rings. The molecular weight excluding hydrogens is 194 g/mol. The summed E-state index contributed by atoms with van der Waals surface area (Å²) in [7, 11) is 0. The molecule has 2 fully saturated rings. The Morgan fingerprint density at radius 2 is 2.00 bits per heavy atom. The summed E-state index contributed by atoms with van der Waals surface area (Å²) < 4.78 is 5.56. The minimum absolute atomic E-state index is 0.550. The van der Waals surface area contributed by atoms with Crippen LogP contribution in [0.25, 0.3) is 0 Å². The summed E-state index contributed by atoms with van der Waals surface area (Å²) >= 11 is 4.41. The second-order valence-electron chi connectivity index (χ2n) is 4.65. The van der Waals surface area contributed by atoms with E-state index in [-0.39, 0.29) is 0 Å². The van der Waals surface area contributed by atoms with Crippen LogP contribution in [0.4, 0.5) is 0 Å². The minimum Gasteiger partial charge on any atom is -0.378 e. The summed E-state index contributed by atoms with van der Waals surface area (Å²) in [5.74, 6) is 0. The van der Waals surface area contributed by atoms with Gasteiger partial charge in [0.1, 0.15) is 0 Å². The second kappa shape index (κ2) is 4.86. The quantitative estimate of drug-likeness (QED) is 0.720. The van der Waals surface area contributed by atoms with Crippen LogP contribution in [-0.4, -0.2) is 42.0 Å². The molecule has 0 N–H and O–H groups in total. The van der Waals surface area contributed by atoms with Gasteiger partial charge in [-0.1, -0.05) is 6.92 Å². The lowest BCUT2D eigenvalue weighted by Crippen LogP contribution is -2.46. The van der Waals surface area contributed by atoms with Crippen LogP contribution >= 0.6 is 12.6 Å².